The van der Waals surface area contributed by atoms with Crippen molar-refractivity contribution < 1.29 is 0 Å². The van der Waals surface area contributed by atoms with Crippen molar-refractivity contribution in [3.63, 3.8) is 0 Å². The molecule has 1 heterocycles. The Kier molecular flexibility index (Phi) is 2.03. The molecule has 3 rings (SSSR count). The van der Waals surface area contributed by atoms with Crippen LogP contribution in [0.2, 0.25) is 0 Å². The minimum Gasteiger partial charge on any atom is -0.0616 e. The standard InChI is InChI=1S/C12H8S2/c1-3-7-11-9(5-1)10-6-2-4-8-12(10)14-13-11/h1-8H. The van der Waals surface area contributed by atoms with Gasteiger partial charge in [0.2, 0.25) is 0 Å². The van der Waals surface area contributed by atoms with Crippen LogP contribution in [0.5, 0.6) is 0 Å². The van der Waals surface area contributed by atoms with E-state index in [1.54, 1.807) is 0 Å². The van der Waals surface area contributed by atoms with Gasteiger partial charge >= 0.3 is 0 Å². The molecule has 0 aliphatic carbocycles. The van der Waals surface area contributed by atoms with E-state index < -0.39 is 0 Å². The highest BCUT2D eigenvalue weighted by Crippen LogP contribution is 2.50. The highest BCUT2D eigenvalue weighted by Gasteiger charge is 2.15. The van der Waals surface area contributed by atoms with Gasteiger partial charge in [-0.2, -0.15) is 0 Å². The van der Waals surface area contributed by atoms with Crippen LogP contribution in [0, 0.1) is 0 Å². The summed E-state index contributed by atoms with van der Waals surface area (Å²) in [5, 5.41) is 0. The zero-order chi connectivity index (χ0) is 9.38. The lowest BCUT2D eigenvalue weighted by Gasteiger charge is -2.17. The fourth-order valence-corrected chi connectivity index (χ4v) is 4.01. The fourth-order valence-electron chi connectivity index (χ4n) is 1.61. The summed E-state index contributed by atoms with van der Waals surface area (Å²) in [4.78, 5) is 2.74. The highest BCUT2D eigenvalue weighted by molar-refractivity contribution is 8.76. The van der Waals surface area contributed by atoms with Crippen LogP contribution < -0.4 is 0 Å². The maximum Gasteiger partial charge on any atom is 0.0265 e. The topological polar surface area (TPSA) is 0 Å². The van der Waals surface area contributed by atoms with Gasteiger partial charge in [-0.25, -0.2) is 0 Å². The molecule has 0 unspecified atom stereocenters. The molecule has 0 saturated heterocycles. The monoisotopic (exact) mass is 216 g/mol. The third-order valence-corrected chi connectivity index (χ3v) is 4.77. The van der Waals surface area contributed by atoms with Crippen molar-refractivity contribution in [3.8, 4) is 11.1 Å². The van der Waals surface area contributed by atoms with Gasteiger partial charge in [0.15, 0.2) is 0 Å². The quantitative estimate of drug-likeness (QED) is 0.596. The van der Waals surface area contributed by atoms with Crippen molar-refractivity contribution >= 4 is 21.6 Å². The van der Waals surface area contributed by atoms with Gasteiger partial charge in [-0.05, 0) is 23.3 Å². The van der Waals surface area contributed by atoms with E-state index in [0.717, 1.165) is 0 Å². The van der Waals surface area contributed by atoms with Crippen LogP contribution in [0.25, 0.3) is 11.1 Å². The van der Waals surface area contributed by atoms with Crippen molar-refractivity contribution in [2.75, 3.05) is 0 Å². The van der Waals surface area contributed by atoms with Crippen LogP contribution in [0.4, 0.5) is 0 Å². The molecule has 68 valence electrons. The van der Waals surface area contributed by atoms with Crippen molar-refractivity contribution in [2.24, 2.45) is 0 Å². The Hall–Kier alpha value is -0.860. The normalized spacial score (nSPS) is 13.1. The van der Waals surface area contributed by atoms with Crippen LogP contribution in [-0.2, 0) is 0 Å². The summed E-state index contributed by atoms with van der Waals surface area (Å²) in [5.74, 6) is 0. The molecule has 0 spiro atoms. The first-order valence-corrected chi connectivity index (χ1v) is 6.63. The highest BCUT2D eigenvalue weighted by atomic mass is 33.1. The summed E-state index contributed by atoms with van der Waals surface area (Å²) in [6, 6.07) is 17.2. The number of hydrogen-bond donors (Lipinski definition) is 0. The molecule has 0 aromatic heterocycles. The number of hydrogen-bond acceptors (Lipinski definition) is 2. The smallest absolute Gasteiger partial charge is 0.0265 e. The molecular formula is C12H8S2. The Labute approximate surface area is 91.1 Å². The molecule has 0 bridgehead atoms. The average molecular weight is 216 g/mol. The summed E-state index contributed by atoms with van der Waals surface area (Å²) in [6.45, 7) is 0. The van der Waals surface area contributed by atoms with Gasteiger partial charge in [-0.15, -0.1) is 0 Å². The molecular weight excluding hydrogens is 208 g/mol. The van der Waals surface area contributed by atoms with Gasteiger partial charge in [0.25, 0.3) is 0 Å². The van der Waals surface area contributed by atoms with E-state index in [1.807, 2.05) is 21.6 Å². The van der Waals surface area contributed by atoms with Crippen molar-refractivity contribution in [1.82, 2.24) is 0 Å². The maximum absolute atomic E-state index is 2.20. The molecule has 2 aromatic rings. The first-order valence-electron chi connectivity index (χ1n) is 4.48. The molecule has 14 heavy (non-hydrogen) atoms. The third-order valence-electron chi connectivity index (χ3n) is 2.29. The summed E-state index contributed by atoms with van der Waals surface area (Å²) < 4.78 is 0. The van der Waals surface area contributed by atoms with Crippen LogP contribution in [-0.4, -0.2) is 0 Å². The molecule has 0 amide bonds. The molecule has 1 aliphatic rings. The minimum absolute atomic E-state index is 1.37. The first kappa shape index (κ1) is 8.45. The molecule has 0 atom stereocenters. The SMILES string of the molecule is c1ccc2c(c1)SSc1ccccc1-2. The summed E-state index contributed by atoms with van der Waals surface area (Å²) >= 11 is 0. The molecule has 0 N–H and O–H groups in total. The summed E-state index contributed by atoms with van der Waals surface area (Å²) in [5.41, 5.74) is 2.73. The lowest BCUT2D eigenvalue weighted by molar-refractivity contribution is 1.38. The molecule has 0 saturated carbocycles. The van der Waals surface area contributed by atoms with Gasteiger partial charge in [-0.1, -0.05) is 58.0 Å². The Morgan fingerprint density at radius 1 is 0.571 bits per heavy atom. The average Bonchev–Trinajstić information content (AvgIpc) is 2.29. The van der Waals surface area contributed by atoms with Gasteiger partial charge in [-0.3, -0.25) is 0 Å². The second-order valence-corrected chi connectivity index (χ2v) is 5.37. The number of fused-ring (bicyclic) bond motifs is 3. The molecule has 2 aromatic carbocycles. The number of benzene rings is 2. The predicted octanol–water partition coefficient (Wildman–Crippen LogP) is 4.47. The largest absolute Gasteiger partial charge is 0.0616 e. The van der Waals surface area contributed by atoms with Crippen LogP contribution in [0.3, 0.4) is 0 Å². The third kappa shape index (κ3) is 1.26. The maximum atomic E-state index is 2.20. The van der Waals surface area contributed by atoms with Gasteiger partial charge in [0.1, 0.15) is 0 Å². The Morgan fingerprint density at radius 2 is 1.00 bits per heavy atom. The van der Waals surface area contributed by atoms with E-state index >= 15 is 0 Å². The number of rotatable bonds is 0. The van der Waals surface area contributed by atoms with Crippen LogP contribution in [0.1, 0.15) is 0 Å². The van der Waals surface area contributed by atoms with Gasteiger partial charge < -0.3 is 0 Å². The molecule has 0 nitrogen and oxygen atoms in total. The van der Waals surface area contributed by atoms with Crippen molar-refractivity contribution in [1.29, 1.82) is 0 Å². The van der Waals surface area contributed by atoms with E-state index in [9.17, 15) is 0 Å². The van der Waals surface area contributed by atoms with Gasteiger partial charge in [0.05, 0.1) is 0 Å². The first-order chi connectivity index (χ1) is 6.95. The Bertz CT molecular complexity index is 432. The lowest BCUT2D eigenvalue weighted by Crippen LogP contribution is -1.87. The molecule has 0 radical (unpaired) electrons. The van der Waals surface area contributed by atoms with Crippen molar-refractivity contribution in [2.45, 2.75) is 9.79 Å². The lowest BCUT2D eigenvalue weighted by atomic mass is 10.1. The van der Waals surface area contributed by atoms with Crippen LogP contribution >= 0.6 is 21.6 Å². The minimum atomic E-state index is 1.37. The second kappa shape index (κ2) is 3.37. The van der Waals surface area contributed by atoms with E-state index in [1.165, 1.54) is 20.9 Å². The Morgan fingerprint density at radius 3 is 1.50 bits per heavy atom. The molecule has 2 heteroatoms. The van der Waals surface area contributed by atoms with Crippen molar-refractivity contribution in [3.05, 3.63) is 48.5 Å². The van der Waals surface area contributed by atoms with Gasteiger partial charge in [0, 0.05) is 9.79 Å². The van der Waals surface area contributed by atoms with E-state index in [-0.39, 0.29) is 0 Å². The van der Waals surface area contributed by atoms with Crippen LogP contribution in [0.15, 0.2) is 58.3 Å². The summed E-state index contributed by atoms with van der Waals surface area (Å²) in [7, 11) is 3.70. The van der Waals surface area contributed by atoms with E-state index in [2.05, 4.69) is 48.5 Å². The molecule has 0 fully saturated rings. The zero-order valence-corrected chi connectivity index (χ0v) is 9.07. The van der Waals surface area contributed by atoms with E-state index in [4.69, 9.17) is 0 Å². The summed E-state index contributed by atoms with van der Waals surface area (Å²) in [6.07, 6.45) is 0. The predicted molar refractivity (Wildman–Crippen MR) is 63.6 cm³/mol. The molecule has 1 aliphatic heterocycles. The second-order valence-electron chi connectivity index (χ2n) is 3.16. The Balaban J connectivity index is 2.29. The fraction of sp³-hybridized carbons (Fsp3) is 0. The van der Waals surface area contributed by atoms with E-state index in [0.29, 0.717) is 0 Å². The zero-order valence-electron chi connectivity index (χ0n) is 7.44.